The second-order valence-corrected chi connectivity index (χ2v) is 4.27. The Hall–Kier alpha value is -1.27. The van der Waals surface area contributed by atoms with E-state index in [9.17, 15) is 0 Å². The Morgan fingerprint density at radius 3 is 2.50 bits per heavy atom. The third kappa shape index (κ3) is 3.11. The third-order valence-corrected chi connectivity index (χ3v) is 2.84. The minimum absolute atomic E-state index is 0.0222. The molecule has 16 heavy (non-hydrogen) atoms. The summed E-state index contributed by atoms with van der Waals surface area (Å²) >= 11 is 9.30. The van der Waals surface area contributed by atoms with Gasteiger partial charge in [0.05, 0.1) is 5.69 Å². The first kappa shape index (κ1) is 12.8. The molecule has 0 radical (unpaired) electrons. The monoisotopic (exact) mass is 303 g/mol. The van der Waals surface area contributed by atoms with Crippen molar-refractivity contribution in [3.63, 3.8) is 0 Å². The average Bonchev–Trinajstić information content (AvgIpc) is 2.17. The number of guanidine groups is 2. The second kappa shape index (κ2) is 5.18. The van der Waals surface area contributed by atoms with Gasteiger partial charge in [0.25, 0.3) is 0 Å². The summed E-state index contributed by atoms with van der Waals surface area (Å²) in [4.78, 5) is 7.70. The summed E-state index contributed by atoms with van der Waals surface area (Å²) in [5.41, 5.74) is 17.3. The van der Waals surface area contributed by atoms with Gasteiger partial charge in [0, 0.05) is 9.50 Å². The van der Waals surface area contributed by atoms with E-state index in [0.29, 0.717) is 10.7 Å². The van der Waals surface area contributed by atoms with Gasteiger partial charge in [0.2, 0.25) is 5.96 Å². The van der Waals surface area contributed by atoms with Crippen LogP contribution in [0.5, 0.6) is 0 Å². The summed E-state index contributed by atoms with van der Waals surface area (Å²) in [5, 5.41) is 0.597. The normalized spacial score (nSPS) is 11.3. The Labute approximate surface area is 107 Å². The molecule has 0 unspecified atom stereocenters. The number of hydrogen-bond donors (Lipinski definition) is 3. The first-order valence-electron chi connectivity index (χ1n) is 4.30. The Kier molecular flexibility index (Phi) is 4.14. The van der Waals surface area contributed by atoms with E-state index < -0.39 is 0 Å². The molecule has 0 amide bonds. The zero-order chi connectivity index (χ0) is 12.3. The van der Waals surface area contributed by atoms with Crippen LogP contribution in [0.4, 0.5) is 5.69 Å². The van der Waals surface area contributed by atoms with Crippen molar-refractivity contribution in [2.75, 3.05) is 0 Å². The zero-order valence-electron chi connectivity index (χ0n) is 8.54. The number of benzene rings is 1. The van der Waals surface area contributed by atoms with Gasteiger partial charge in [-0.3, -0.25) is 0 Å². The van der Waals surface area contributed by atoms with Gasteiger partial charge in [0.1, 0.15) is 0 Å². The molecule has 1 rings (SSSR count). The van der Waals surface area contributed by atoms with E-state index >= 15 is 0 Å². The maximum Gasteiger partial charge on any atom is 0.223 e. The van der Waals surface area contributed by atoms with Gasteiger partial charge >= 0.3 is 0 Å². The van der Waals surface area contributed by atoms with Crippen molar-refractivity contribution in [2.45, 2.75) is 6.92 Å². The van der Waals surface area contributed by atoms with Crippen molar-refractivity contribution in [1.29, 1.82) is 0 Å². The highest BCUT2D eigenvalue weighted by Gasteiger charge is 2.06. The number of nitrogens with two attached hydrogens (primary N) is 3. The van der Waals surface area contributed by atoms with Crippen LogP contribution < -0.4 is 17.2 Å². The molecule has 0 aliphatic rings. The van der Waals surface area contributed by atoms with Crippen LogP contribution in [-0.2, 0) is 0 Å². The van der Waals surface area contributed by atoms with Crippen LogP contribution in [0.3, 0.4) is 0 Å². The van der Waals surface area contributed by atoms with Gasteiger partial charge in [-0.15, -0.1) is 0 Å². The molecule has 0 fully saturated rings. The summed E-state index contributed by atoms with van der Waals surface area (Å²) in [6.07, 6.45) is 0. The molecule has 5 nitrogen and oxygen atoms in total. The van der Waals surface area contributed by atoms with Crippen molar-refractivity contribution in [3.05, 3.63) is 27.2 Å². The third-order valence-electron chi connectivity index (χ3n) is 1.79. The fourth-order valence-corrected chi connectivity index (χ4v) is 1.72. The Morgan fingerprint density at radius 2 is 1.94 bits per heavy atom. The molecule has 0 heterocycles. The molecule has 6 N–H and O–H groups in total. The molecule has 0 saturated carbocycles. The number of nitrogens with zero attached hydrogens (tertiary/aromatic N) is 2. The molecule has 0 atom stereocenters. The van der Waals surface area contributed by atoms with Gasteiger partial charge in [-0.2, -0.15) is 4.99 Å². The molecule has 1 aromatic rings. The van der Waals surface area contributed by atoms with E-state index in [1.807, 2.05) is 6.92 Å². The Balaban J connectivity index is 3.24. The lowest BCUT2D eigenvalue weighted by Crippen LogP contribution is -2.26. The highest BCUT2D eigenvalue weighted by molar-refractivity contribution is 9.10. The molecule has 86 valence electrons. The van der Waals surface area contributed by atoms with Gasteiger partial charge < -0.3 is 17.2 Å². The lowest BCUT2D eigenvalue weighted by Gasteiger charge is -2.05. The minimum Gasteiger partial charge on any atom is -0.370 e. The van der Waals surface area contributed by atoms with Crippen LogP contribution in [-0.4, -0.2) is 11.9 Å². The molecular formula is C9H11BrClN5. The average molecular weight is 305 g/mol. The van der Waals surface area contributed by atoms with E-state index in [-0.39, 0.29) is 11.9 Å². The summed E-state index contributed by atoms with van der Waals surface area (Å²) < 4.78 is 0.767. The summed E-state index contributed by atoms with van der Waals surface area (Å²) in [6, 6.07) is 3.54. The molecule has 0 aliphatic carbocycles. The quantitative estimate of drug-likeness (QED) is 0.542. The predicted octanol–water partition coefficient (Wildman–Crippen LogP) is 1.63. The highest BCUT2D eigenvalue weighted by atomic mass is 79.9. The first-order valence-corrected chi connectivity index (χ1v) is 5.47. The fraction of sp³-hybridized carbons (Fsp3) is 0.111. The molecule has 0 saturated heterocycles. The smallest absolute Gasteiger partial charge is 0.223 e. The molecule has 0 aromatic heterocycles. The molecule has 0 aliphatic heterocycles. The van der Waals surface area contributed by atoms with Gasteiger partial charge in [-0.25, -0.2) is 4.99 Å². The zero-order valence-corrected chi connectivity index (χ0v) is 10.9. The van der Waals surface area contributed by atoms with Crippen LogP contribution in [0, 0.1) is 6.92 Å². The molecule has 0 spiro atoms. The minimum atomic E-state index is -0.142. The van der Waals surface area contributed by atoms with E-state index in [1.165, 1.54) is 0 Å². The first-order chi connectivity index (χ1) is 7.41. The van der Waals surface area contributed by atoms with Crippen molar-refractivity contribution < 1.29 is 0 Å². The number of hydrogen-bond acceptors (Lipinski definition) is 1. The molecule has 7 heteroatoms. The molecular weight excluding hydrogens is 293 g/mol. The van der Waals surface area contributed by atoms with Crippen molar-refractivity contribution in [3.8, 4) is 0 Å². The SMILES string of the molecule is Cc1c(Cl)ccc(Br)c1N=C(N)N=C(N)N. The number of rotatable bonds is 1. The van der Waals surface area contributed by atoms with E-state index in [1.54, 1.807) is 12.1 Å². The topological polar surface area (TPSA) is 103 Å². The molecule has 1 aromatic carbocycles. The van der Waals surface area contributed by atoms with Crippen LogP contribution in [0.25, 0.3) is 0 Å². The van der Waals surface area contributed by atoms with E-state index in [4.69, 9.17) is 28.8 Å². The van der Waals surface area contributed by atoms with Crippen LogP contribution in [0.2, 0.25) is 5.02 Å². The van der Waals surface area contributed by atoms with E-state index in [0.717, 1.165) is 10.0 Å². The number of aliphatic imine (C=N–C) groups is 2. The predicted molar refractivity (Wildman–Crippen MR) is 71.0 cm³/mol. The summed E-state index contributed by atoms with van der Waals surface area (Å²) in [5.74, 6) is -0.164. The standard InChI is InChI=1S/C9H11BrClN5/c1-4-6(11)3-2-5(10)7(4)15-9(14)16-8(12)13/h2-3H,1H3,(H6,12,13,14,15,16). The second-order valence-electron chi connectivity index (χ2n) is 3.01. The maximum atomic E-state index is 5.96. The lowest BCUT2D eigenvalue weighted by atomic mass is 10.2. The maximum absolute atomic E-state index is 5.96. The van der Waals surface area contributed by atoms with Crippen molar-refractivity contribution in [1.82, 2.24) is 0 Å². The van der Waals surface area contributed by atoms with Crippen LogP contribution in [0.15, 0.2) is 26.6 Å². The fourth-order valence-electron chi connectivity index (χ4n) is 1.05. The Bertz CT molecular complexity index is 465. The van der Waals surface area contributed by atoms with Gasteiger partial charge in [-0.1, -0.05) is 11.6 Å². The summed E-state index contributed by atoms with van der Waals surface area (Å²) in [7, 11) is 0. The lowest BCUT2D eigenvalue weighted by molar-refractivity contribution is 1.33. The van der Waals surface area contributed by atoms with Gasteiger partial charge in [0.15, 0.2) is 5.96 Å². The van der Waals surface area contributed by atoms with Crippen LogP contribution >= 0.6 is 27.5 Å². The van der Waals surface area contributed by atoms with Crippen LogP contribution in [0.1, 0.15) is 5.56 Å². The van der Waals surface area contributed by atoms with Gasteiger partial charge in [-0.05, 0) is 40.5 Å². The van der Waals surface area contributed by atoms with Crippen molar-refractivity contribution >= 4 is 45.1 Å². The highest BCUT2D eigenvalue weighted by Crippen LogP contribution is 2.33. The molecule has 0 bridgehead atoms. The summed E-state index contributed by atoms with van der Waals surface area (Å²) in [6.45, 7) is 1.83. The number of halogens is 2. The van der Waals surface area contributed by atoms with Crippen molar-refractivity contribution in [2.24, 2.45) is 27.2 Å². The Morgan fingerprint density at radius 1 is 1.31 bits per heavy atom. The largest absolute Gasteiger partial charge is 0.370 e. The van der Waals surface area contributed by atoms with E-state index in [2.05, 4.69) is 25.9 Å².